The fourth-order valence-electron chi connectivity index (χ4n) is 4.34. The van der Waals surface area contributed by atoms with Gasteiger partial charge in [-0.15, -0.1) is 0 Å². The Morgan fingerprint density at radius 3 is 2.36 bits per heavy atom. The third-order valence-electron chi connectivity index (χ3n) is 6.05. The second kappa shape index (κ2) is 9.65. The number of carbonyl (C=O) groups is 4. The Kier molecular flexibility index (Phi) is 6.50. The van der Waals surface area contributed by atoms with Gasteiger partial charge in [-0.1, -0.05) is 31.4 Å². The van der Waals surface area contributed by atoms with Gasteiger partial charge in [0.15, 0.2) is 0 Å². The fourth-order valence-corrected chi connectivity index (χ4v) is 4.34. The molecule has 1 heterocycles. The number of hydrogen-bond donors (Lipinski definition) is 2. The molecule has 168 valence electrons. The summed E-state index contributed by atoms with van der Waals surface area (Å²) in [7, 11) is 0. The second-order valence-corrected chi connectivity index (χ2v) is 8.30. The molecule has 1 aliphatic carbocycles. The van der Waals surface area contributed by atoms with Gasteiger partial charge in [0.05, 0.1) is 17.2 Å². The highest BCUT2D eigenvalue weighted by Gasteiger charge is 2.40. The van der Waals surface area contributed by atoms with Gasteiger partial charge in [0.2, 0.25) is 5.91 Å². The van der Waals surface area contributed by atoms with Crippen molar-refractivity contribution in [2.45, 2.75) is 51.1 Å². The Labute approximate surface area is 191 Å². The van der Waals surface area contributed by atoms with Crippen LogP contribution in [0.2, 0.25) is 0 Å². The van der Waals surface area contributed by atoms with E-state index in [-0.39, 0.29) is 48.2 Å². The Balaban J connectivity index is 1.39. The summed E-state index contributed by atoms with van der Waals surface area (Å²) in [5.74, 6) is -1.31. The van der Waals surface area contributed by atoms with E-state index in [1.54, 1.807) is 42.5 Å². The number of carbonyl (C=O) groups excluding carboxylic acids is 4. The number of benzene rings is 2. The molecule has 0 aromatic heterocycles. The van der Waals surface area contributed by atoms with E-state index in [4.69, 9.17) is 5.26 Å². The first-order valence-electron chi connectivity index (χ1n) is 11.0. The summed E-state index contributed by atoms with van der Waals surface area (Å²) in [4.78, 5) is 51.2. The Morgan fingerprint density at radius 2 is 1.67 bits per heavy atom. The van der Waals surface area contributed by atoms with Crippen molar-refractivity contribution in [3.05, 3.63) is 64.7 Å². The highest BCUT2D eigenvalue weighted by molar-refractivity contribution is 6.22. The summed E-state index contributed by atoms with van der Waals surface area (Å²) in [6.45, 7) is 0.253. The van der Waals surface area contributed by atoms with Crippen molar-refractivity contribution in [1.29, 1.82) is 5.26 Å². The quantitative estimate of drug-likeness (QED) is 0.662. The van der Waals surface area contributed by atoms with Gasteiger partial charge in [-0.05, 0) is 48.7 Å². The lowest BCUT2D eigenvalue weighted by atomic mass is 9.94. The number of imide groups is 1. The van der Waals surface area contributed by atoms with Crippen molar-refractivity contribution < 1.29 is 19.2 Å². The molecular formula is C25H24N4O4. The second-order valence-electron chi connectivity index (χ2n) is 8.30. The largest absolute Gasteiger partial charge is 0.348 e. The maximum absolute atomic E-state index is 12.9. The highest BCUT2D eigenvalue weighted by Crippen LogP contribution is 2.31. The number of nitriles is 1. The van der Waals surface area contributed by atoms with Crippen molar-refractivity contribution in [3.63, 3.8) is 0 Å². The Bertz CT molecular complexity index is 1140. The van der Waals surface area contributed by atoms with E-state index in [2.05, 4.69) is 10.6 Å². The van der Waals surface area contributed by atoms with E-state index in [0.717, 1.165) is 37.7 Å². The van der Waals surface area contributed by atoms with Crippen molar-refractivity contribution >= 4 is 29.3 Å². The van der Waals surface area contributed by atoms with Crippen LogP contribution in [0.15, 0.2) is 42.5 Å². The molecule has 1 fully saturated rings. The summed E-state index contributed by atoms with van der Waals surface area (Å²) < 4.78 is 0. The van der Waals surface area contributed by atoms with Crippen LogP contribution in [0.1, 0.15) is 75.2 Å². The molecule has 0 spiro atoms. The monoisotopic (exact) mass is 444 g/mol. The van der Waals surface area contributed by atoms with Crippen LogP contribution in [0.25, 0.3) is 0 Å². The molecule has 4 rings (SSSR count). The topological polar surface area (TPSA) is 119 Å². The first-order valence-corrected chi connectivity index (χ1v) is 11.0. The molecule has 0 radical (unpaired) electrons. The maximum Gasteiger partial charge on any atom is 0.261 e. The van der Waals surface area contributed by atoms with Crippen LogP contribution in [0, 0.1) is 11.3 Å². The zero-order valence-corrected chi connectivity index (χ0v) is 18.1. The summed E-state index contributed by atoms with van der Waals surface area (Å²) in [6.07, 6.45) is 4.60. The van der Waals surface area contributed by atoms with E-state index in [1.807, 2.05) is 0 Å². The minimum absolute atomic E-state index is 0.0592. The van der Waals surface area contributed by atoms with Gasteiger partial charge in [0.25, 0.3) is 17.7 Å². The molecule has 2 aliphatic rings. The molecule has 2 aromatic rings. The van der Waals surface area contributed by atoms with Gasteiger partial charge in [-0.2, -0.15) is 5.26 Å². The third-order valence-corrected chi connectivity index (χ3v) is 6.05. The number of rotatable bonds is 6. The average Bonchev–Trinajstić information content (AvgIpc) is 3.08. The van der Waals surface area contributed by atoms with Gasteiger partial charge in [-0.25, -0.2) is 0 Å². The van der Waals surface area contributed by atoms with Crippen LogP contribution in [-0.2, 0) is 11.3 Å². The first-order chi connectivity index (χ1) is 16.0. The summed E-state index contributed by atoms with van der Waals surface area (Å²) >= 11 is 0. The number of nitrogens with zero attached hydrogens (tertiary/aromatic N) is 2. The molecule has 4 amide bonds. The lowest BCUT2D eigenvalue weighted by molar-refractivity contribution is -0.115. The lowest BCUT2D eigenvalue weighted by Crippen LogP contribution is -2.40. The molecule has 2 aromatic carbocycles. The first kappa shape index (κ1) is 22.2. The molecule has 0 unspecified atom stereocenters. The summed E-state index contributed by atoms with van der Waals surface area (Å²) in [6, 6.07) is 13.3. The third kappa shape index (κ3) is 4.77. The molecule has 0 saturated heterocycles. The van der Waals surface area contributed by atoms with Crippen molar-refractivity contribution in [2.24, 2.45) is 0 Å². The minimum atomic E-state index is -0.384. The van der Waals surface area contributed by atoms with Gasteiger partial charge < -0.3 is 10.6 Å². The Hall–Kier alpha value is -3.99. The van der Waals surface area contributed by atoms with Crippen LogP contribution in [0.4, 0.5) is 5.69 Å². The normalized spacial score (nSPS) is 15.7. The number of fused-ring (bicyclic) bond motifs is 1. The molecule has 8 nitrogen and oxygen atoms in total. The highest BCUT2D eigenvalue weighted by atomic mass is 16.2. The van der Waals surface area contributed by atoms with Crippen molar-refractivity contribution in [2.75, 3.05) is 5.32 Å². The zero-order valence-electron chi connectivity index (χ0n) is 18.1. The van der Waals surface area contributed by atoms with Crippen LogP contribution in [0.5, 0.6) is 0 Å². The summed E-state index contributed by atoms with van der Waals surface area (Å²) in [5, 5.41) is 14.0. The smallest absolute Gasteiger partial charge is 0.261 e. The molecular weight excluding hydrogens is 420 g/mol. The van der Waals surface area contributed by atoms with Crippen LogP contribution >= 0.6 is 0 Å². The van der Waals surface area contributed by atoms with E-state index in [9.17, 15) is 19.2 Å². The zero-order chi connectivity index (χ0) is 23.4. The number of hydrogen-bond acceptors (Lipinski definition) is 5. The van der Waals surface area contributed by atoms with E-state index in [0.29, 0.717) is 16.8 Å². The molecule has 2 N–H and O–H groups in total. The van der Waals surface area contributed by atoms with Gasteiger partial charge in [-0.3, -0.25) is 24.1 Å². The number of amides is 4. The van der Waals surface area contributed by atoms with Crippen molar-refractivity contribution in [1.82, 2.24) is 10.2 Å². The van der Waals surface area contributed by atoms with Gasteiger partial charge >= 0.3 is 0 Å². The van der Waals surface area contributed by atoms with Gasteiger partial charge in [0.1, 0.15) is 6.42 Å². The predicted molar refractivity (Wildman–Crippen MR) is 120 cm³/mol. The molecule has 33 heavy (non-hydrogen) atoms. The standard InChI is InChI=1S/C25H24N4O4/c26-13-12-22(30)28-18-9-6-16(7-10-18)15-27-23(31)17-8-11-20-21(14-17)25(33)29(24(20)32)19-4-2-1-3-5-19/h6-11,14,19H,1-5,12,15H2,(H,27,31)(H,28,30). The van der Waals surface area contributed by atoms with Crippen LogP contribution < -0.4 is 10.6 Å². The maximum atomic E-state index is 12.9. The Morgan fingerprint density at radius 1 is 0.970 bits per heavy atom. The van der Waals surface area contributed by atoms with E-state index in [1.165, 1.54) is 11.0 Å². The van der Waals surface area contributed by atoms with Crippen molar-refractivity contribution in [3.8, 4) is 6.07 Å². The van der Waals surface area contributed by atoms with Crippen LogP contribution in [-0.4, -0.2) is 34.6 Å². The van der Waals surface area contributed by atoms with E-state index < -0.39 is 0 Å². The minimum Gasteiger partial charge on any atom is -0.348 e. The molecule has 8 heteroatoms. The van der Waals surface area contributed by atoms with E-state index >= 15 is 0 Å². The van der Waals surface area contributed by atoms with Crippen LogP contribution in [0.3, 0.4) is 0 Å². The average molecular weight is 444 g/mol. The molecule has 0 atom stereocenters. The number of nitrogens with one attached hydrogen (secondary N) is 2. The SMILES string of the molecule is N#CCC(=O)Nc1ccc(CNC(=O)c2ccc3c(c2)C(=O)N(C2CCCCC2)C3=O)cc1. The molecule has 1 saturated carbocycles. The number of anilines is 1. The fraction of sp³-hybridized carbons (Fsp3) is 0.320. The lowest BCUT2D eigenvalue weighted by Gasteiger charge is -2.29. The van der Waals surface area contributed by atoms with Gasteiger partial charge in [0, 0.05) is 23.8 Å². The predicted octanol–water partition coefficient (Wildman–Crippen LogP) is 3.40. The summed E-state index contributed by atoms with van der Waals surface area (Å²) in [5.41, 5.74) is 2.35. The molecule has 1 aliphatic heterocycles. The molecule has 0 bridgehead atoms.